The Morgan fingerprint density at radius 3 is 2.42 bits per heavy atom. The zero-order chi connectivity index (χ0) is 25.0. The van der Waals surface area contributed by atoms with Gasteiger partial charge in [-0.2, -0.15) is 12.6 Å². The lowest BCUT2D eigenvalue weighted by atomic mass is 9.98. The molecule has 3 amide bonds. The fraction of sp³-hybridized carbons (Fsp3) is 0.560. The van der Waals surface area contributed by atoms with Crippen molar-refractivity contribution in [3.05, 3.63) is 48.0 Å². The average molecular weight is 478 g/mol. The molecule has 8 heteroatoms. The first-order valence-electron chi connectivity index (χ1n) is 11.4. The zero-order valence-corrected chi connectivity index (χ0v) is 21.4. The van der Waals surface area contributed by atoms with Gasteiger partial charge in [0.15, 0.2) is 0 Å². The molecule has 0 aromatic heterocycles. The zero-order valence-electron chi connectivity index (χ0n) is 20.5. The van der Waals surface area contributed by atoms with Gasteiger partial charge in [0.05, 0.1) is 0 Å². The summed E-state index contributed by atoms with van der Waals surface area (Å²) >= 11 is 4.27. The number of hydrogen-bond acceptors (Lipinski definition) is 5. The molecule has 2 N–H and O–H groups in total. The number of alkyl carbamates (subject to hydrolysis) is 1. The third kappa shape index (κ3) is 9.50. The second kappa shape index (κ2) is 13.9. The number of carbonyl (C=O) groups is 3. The van der Waals surface area contributed by atoms with Gasteiger partial charge in [-0.15, -0.1) is 6.58 Å². The van der Waals surface area contributed by atoms with Crippen LogP contribution in [0, 0.1) is 6.92 Å². The largest absolute Gasteiger partial charge is 0.444 e. The van der Waals surface area contributed by atoms with Crippen molar-refractivity contribution in [3.8, 4) is 0 Å². The Bertz CT molecular complexity index is 807. The van der Waals surface area contributed by atoms with Crippen LogP contribution in [0.2, 0.25) is 0 Å². The molecule has 33 heavy (non-hydrogen) atoms. The van der Waals surface area contributed by atoms with Gasteiger partial charge < -0.3 is 20.3 Å². The summed E-state index contributed by atoms with van der Waals surface area (Å²) in [6.07, 6.45) is 3.75. The molecule has 184 valence electrons. The van der Waals surface area contributed by atoms with E-state index in [1.807, 2.05) is 31.2 Å². The molecular weight excluding hydrogens is 438 g/mol. The van der Waals surface area contributed by atoms with Crippen molar-refractivity contribution >= 4 is 30.5 Å². The first kappa shape index (κ1) is 28.6. The van der Waals surface area contributed by atoms with Gasteiger partial charge in [-0.25, -0.2) is 4.79 Å². The lowest BCUT2D eigenvalue weighted by Gasteiger charge is -2.34. The molecule has 0 aliphatic heterocycles. The fourth-order valence-corrected chi connectivity index (χ4v) is 3.57. The number of nitrogens with one attached hydrogen (secondary N) is 2. The molecule has 0 fully saturated rings. The van der Waals surface area contributed by atoms with Gasteiger partial charge >= 0.3 is 6.09 Å². The molecule has 0 saturated heterocycles. The number of thiol groups is 1. The van der Waals surface area contributed by atoms with Crippen LogP contribution in [-0.4, -0.2) is 53.3 Å². The van der Waals surface area contributed by atoms with Gasteiger partial charge in [0.1, 0.15) is 17.7 Å². The maximum Gasteiger partial charge on any atom is 0.408 e. The molecule has 1 rings (SSSR count). The molecule has 0 aliphatic rings. The van der Waals surface area contributed by atoms with Gasteiger partial charge in [0, 0.05) is 18.8 Å². The molecular formula is C25H39N3O4S. The minimum Gasteiger partial charge on any atom is -0.444 e. The highest BCUT2D eigenvalue weighted by molar-refractivity contribution is 7.80. The van der Waals surface area contributed by atoms with Gasteiger partial charge in [0.2, 0.25) is 11.8 Å². The second-order valence-electron chi connectivity index (χ2n) is 8.92. The van der Waals surface area contributed by atoms with Crippen molar-refractivity contribution < 1.29 is 19.1 Å². The number of aryl methyl sites for hydroxylation is 1. The van der Waals surface area contributed by atoms with Crippen LogP contribution in [0.25, 0.3) is 0 Å². The van der Waals surface area contributed by atoms with Crippen LogP contribution in [0.3, 0.4) is 0 Å². The Kier molecular flexibility index (Phi) is 12.1. The highest BCUT2D eigenvalue weighted by Gasteiger charge is 2.35. The summed E-state index contributed by atoms with van der Waals surface area (Å²) in [4.78, 5) is 40.6. The predicted octanol–water partition coefficient (Wildman–Crippen LogP) is 4.18. The van der Waals surface area contributed by atoms with Crippen LogP contribution in [-0.2, 0) is 14.3 Å². The number of hydrogen-bond donors (Lipinski definition) is 3. The van der Waals surface area contributed by atoms with Crippen LogP contribution < -0.4 is 10.6 Å². The van der Waals surface area contributed by atoms with E-state index in [9.17, 15) is 14.4 Å². The molecule has 0 spiro atoms. The first-order chi connectivity index (χ1) is 15.6. The Morgan fingerprint density at radius 1 is 1.21 bits per heavy atom. The number of ether oxygens (including phenoxy) is 1. The summed E-state index contributed by atoms with van der Waals surface area (Å²) in [5.74, 6) is -0.664. The molecule has 2 unspecified atom stereocenters. The van der Waals surface area contributed by atoms with Crippen molar-refractivity contribution in [1.82, 2.24) is 15.5 Å². The van der Waals surface area contributed by atoms with Crippen molar-refractivity contribution in [2.75, 3.05) is 18.8 Å². The maximum absolute atomic E-state index is 13.6. The standard InChI is InChI=1S/C25H39N3O4S/c1-7-9-12-15-26-22(29)21(19-14-11-10-13-18(19)3)28(16-8-2)23(30)20(17-33)27-24(31)32-25(4,5)6/h8,10-11,13-14,20-21,33H,2,7,9,12,15-17H2,1,3-6H3,(H,26,29)(H,27,31). The number of unbranched alkanes of at least 4 members (excludes halogenated alkanes) is 2. The quantitative estimate of drug-likeness (QED) is 0.239. The Morgan fingerprint density at radius 2 is 1.88 bits per heavy atom. The monoisotopic (exact) mass is 477 g/mol. The van der Waals surface area contributed by atoms with Crippen LogP contribution in [0.15, 0.2) is 36.9 Å². The summed E-state index contributed by atoms with van der Waals surface area (Å²) in [5.41, 5.74) is 0.892. The molecule has 2 atom stereocenters. The lowest BCUT2D eigenvalue weighted by molar-refractivity contribution is -0.141. The molecule has 0 heterocycles. The highest BCUT2D eigenvalue weighted by atomic mass is 32.1. The number of benzene rings is 1. The van der Waals surface area contributed by atoms with Crippen molar-refractivity contribution in [2.24, 2.45) is 0 Å². The van der Waals surface area contributed by atoms with Crippen molar-refractivity contribution in [2.45, 2.75) is 71.6 Å². The van der Waals surface area contributed by atoms with Crippen molar-refractivity contribution in [3.63, 3.8) is 0 Å². The van der Waals surface area contributed by atoms with Gasteiger partial charge in [-0.1, -0.05) is 50.1 Å². The van der Waals surface area contributed by atoms with E-state index >= 15 is 0 Å². The SMILES string of the molecule is C=CCN(C(=O)C(CS)NC(=O)OC(C)(C)C)C(C(=O)NCCCCC)c1ccccc1C. The average Bonchev–Trinajstić information content (AvgIpc) is 2.74. The van der Waals surface area contributed by atoms with E-state index in [0.717, 1.165) is 30.4 Å². The minimum absolute atomic E-state index is 0.0460. The van der Waals surface area contributed by atoms with E-state index in [2.05, 4.69) is 36.8 Å². The van der Waals surface area contributed by atoms with Gasteiger partial charge in [-0.3, -0.25) is 9.59 Å². The van der Waals surface area contributed by atoms with E-state index in [0.29, 0.717) is 6.54 Å². The third-order valence-electron chi connectivity index (χ3n) is 4.90. The molecule has 0 aliphatic carbocycles. The molecule has 0 radical (unpaired) electrons. The number of amides is 3. The lowest BCUT2D eigenvalue weighted by Crippen LogP contribution is -2.54. The van der Waals surface area contributed by atoms with Gasteiger partial charge in [-0.05, 0) is 45.2 Å². The smallest absolute Gasteiger partial charge is 0.408 e. The molecule has 1 aromatic rings. The number of rotatable bonds is 12. The van der Waals surface area contributed by atoms with Crippen LogP contribution in [0.4, 0.5) is 4.79 Å². The second-order valence-corrected chi connectivity index (χ2v) is 9.28. The number of carbonyl (C=O) groups excluding carboxylic acids is 3. The van der Waals surface area contributed by atoms with Crippen LogP contribution in [0.1, 0.15) is 64.1 Å². The van der Waals surface area contributed by atoms with Gasteiger partial charge in [0.25, 0.3) is 0 Å². The summed E-state index contributed by atoms with van der Waals surface area (Å²) in [7, 11) is 0. The van der Waals surface area contributed by atoms with E-state index in [-0.39, 0.29) is 18.2 Å². The Balaban J connectivity index is 3.26. The maximum atomic E-state index is 13.6. The van der Waals surface area contributed by atoms with Crippen LogP contribution in [0.5, 0.6) is 0 Å². The van der Waals surface area contributed by atoms with E-state index in [1.165, 1.54) is 4.90 Å². The summed E-state index contributed by atoms with van der Waals surface area (Å²) in [5, 5.41) is 5.55. The van der Waals surface area contributed by atoms with Crippen LogP contribution >= 0.6 is 12.6 Å². The van der Waals surface area contributed by atoms with E-state index < -0.39 is 29.7 Å². The van der Waals surface area contributed by atoms with E-state index in [4.69, 9.17) is 4.74 Å². The molecule has 7 nitrogen and oxygen atoms in total. The molecule has 0 saturated carbocycles. The Hall–Kier alpha value is -2.48. The predicted molar refractivity (Wildman–Crippen MR) is 135 cm³/mol. The topological polar surface area (TPSA) is 87.7 Å². The van der Waals surface area contributed by atoms with Crippen molar-refractivity contribution in [1.29, 1.82) is 0 Å². The normalized spacial score (nSPS) is 12.9. The minimum atomic E-state index is -0.970. The molecule has 1 aromatic carbocycles. The summed E-state index contributed by atoms with van der Waals surface area (Å²) in [6.45, 7) is 13.6. The summed E-state index contributed by atoms with van der Waals surface area (Å²) in [6, 6.07) is 5.62. The number of nitrogens with zero attached hydrogens (tertiary/aromatic N) is 1. The molecule has 0 bridgehead atoms. The first-order valence-corrected chi connectivity index (χ1v) is 12.0. The summed E-state index contributed by atoms with van der Waals surface area (Å²) < 4.78 is 5.29. The Labute approximate surface area is 203 Å². The third-order valence-corrected chi connectivity index (χ3v) is 5.27. The van der Waals surface area contributed by atoms with E-state index in [1.54, 1.807) is 26.8 Å². The fourth-order valence-electron chi connectivity index (χ4n) is 3.32. The highest BCUT2D eigenvalue weighted by Crippen LogP contribution is 2.25.